The predicted molar refractivity (Wildman–Crippen MR) is 73.5 cm³/mol. The molecule has 3 aliphatic heterocycles. The molecule has 0 radical (unpaired) electrons. The molecule has 21 heavy (non-hydrogen) atoms. The first kappa shape index (κ1) is 15.4. The van der Waals surface area contributed by atoms with Gasteiger partial charge in [0.15, 0.2) is 17.9 Å². The van der Waals surface area contributed by atoms with E-state index in [1.54, 1.807) is 6.08 Å². The van der Waals surface area contributed by atoms with Crippen LogP contribution in [0.1, 0.15) is 27.7 Å². The van der Waals surface area contributed by atoms with E-state index >= 15 is 0 Å². The fourth-order valence-electron chi connectivity index (χ4n) is 3.05. The van der Waals surface area contributed by atoms with Gasteiger partial charge in [0.05, 0.1) is 13.2 Å². The standard InChI is InChI=1S/C15H24O6/c1-6-7-16-11-10(9-8-17-14(2,3)19-9)18-13-12(11)20-15(4,5)21-13/h6,9-13H,1,7-8H2,2-5H3/t9?,10-,11+,12-,13-/m1/s1. The van der Waals surface area contributed by atoms with Crippen LogP contribution < -0.4 is 0 Å². The summed E-state index contributed by atoms with van der Waals surface area (Å²) in [5.41, 5.74) is 0. The van der Waals surface area contributed by atoms with Crippen molar-refractivity contribution in [2.75, 3.05) is 13.2 Å². The Balaban J connectivity index is 1.73. The summed E-state index contributed by atoms with van der Waals surface area (Å²) in [7, 11) is 0. The Morgan fingerprint density at radius 3 is 2.48 bits per heavy atom. The zero-order chi connectivity index (χ0) is 15.3. The molecular formula is C15H24O6. The summed E-state index contributed by atoms with van der Waals surface area (Å²) in [6.45, 7) is 12.1. The van der Waals surface area contributed by atoms with Crippen molar-refractivity contribution in [1.29, 1.82) is 0 Å². The minimum Gasteiger partial charge on any atom is -0.368 e. The van der Waals surface area contributed by atoms with E-state index in [-0.39, 0.29) is 24.4 Å². The van der Waals surface area contributed by atoms with E-state index in [4.69, 9.17) is 28.4 Å². The zero-order valence-corrected chi connectivity index (χ0v) is 13.0. The Labute approximate surface area is 125 Å². The lowest BCUT2D eigenvalue weighted by atomic mass is 10.1. The van der Waals surface area contributed by atoms with Gasteiger partial charge in [-0.3, -0.25) is 0 Å². The summed E-state index contributed by atoms with van der Waals surface area (Å²) >= 11 is 0. The Bertz CT molecular complexity index is 407. The molecule has 0 aromatic rings. The normalized spacial score (nSPS) is 43.9. The molecule has 3 rings (SSSR count). The summed E-state index contributed by atoms with van der Waals surface area (Å²) in [5, 5.41) is 0. The molecular weight excluding hydrogens is 276 g/mol. The van der Waals surface area contributed by atoms with Crippen LogP contribution in [0.3, 0.4) is 0 Å². The van der Waals surface area contributed by atoms with Gasteiger partial charge < -0.3 is 28.4 Å². The molecule has 1 unspecified atom stereocenters. The molecule has 0 amide bonds. The van der Waals surface area contributed by atoms with Crippen LogP contribution in [0.15, 0.2) is 12.7 Å². The molecule has 0 aliphatic carbocycles. The lowest BCUT2D eigenvalue weighted by Crippen LogP contribution is -2.44. The summed E-state index contributed by atoms with van der Waals surface area (Å²) < 4.78 is 35.1. The van der Waals surface area contributed by atoms with Crippen LogP contribution in [-0.2, 0) is 28.4 Å². The first-order valence-electron chi connectivity index (χ1n) is 7.37. The second-order valence-corrected chi connectivity index (χ2v) is 6.52. The van der Waals surface area contributed by atoms with E-state index in [0.29, 0.717) is 13.2 Å². The minimum atomic E-state index is -0.664. The van der Waals surface area contributed by atoms with Gasteiger partial charge in [0.25, 0.3) is 0 Å². The highest BCUT2D eigenvalue weighted by molar-refractivity contribution is 4.99. The monoisotopic (exact) mass is 300 g/mol. The third-order valence-electron chi connectivity index (χ3n) is 3.83. The van der Waals surface area contributed by atoms with Gasteiger partial charge in [0.1, 0.15) is 24.4 Å². The Hall–Kier alpha value is -0.500. The van der Waals surface area contributed by atoms with E-state index in [2.05, 4.69) is 6.58 Å². The van der Waals surface area contributed by atoms with Gasteiger partial charge in [-0.05, 0) is 27.7 Å². The summed E-state index contributed by atoms with van der Waals surface area (Å²) in [5.74, 6) is -1.27. The van der Waals surface area contributed by atoms with E-state index in [1.807, 2.05) is 27.7 Å². The van der Waals surface area contributed by atoms with Crippen molar-refractivity contribution >= 4 is 0 Å². The Kier molecular flexibility index (Phi) is 3.88. The highest BCUT2D eigenvalue weighted by Gasteiger charge is 2.58. The van der Waals surface area contributed by atoms with Crippen molar-refractivity contribution < 1.29 is 28.4 Å². The van der Waals surface area contributed by atoms with Gasteiger partial charge in [-0.2, -0.15) is 0 Å². The molecule has 5 atom stereocenters. The summed E-state index contributed by atoms with van der Waals surface area (Å²) in [6.07, 6.45) is 0.261. The summed E-state index contributed by atoms with van der Waals surface area (Å²) in [6, 6.07) is 0. The Morgan fingerprint density at radius 2 is 1.86 bits per heavy atom. The van der Waals surface area contributed by atoms with Gasteiger partial charge >= 0.3 is 0 Å². The van der Waals surface area contributed by atoms with Crippen LogP contribution in [0.4, 0.5) is 0 Å². The second kappa shape index (κ2) is 5.30. The van der Waals surface area contributed by atoms with E-state index in [1.165, 1.54) is 0 Å². The maximum Gasteiger partial charge on any atom is 0.190 e. The van der Waals surface area contributed by atoms with Crippen molar-refractivity contribution in [1.82, 2.24) is 0 Å². The third kappa shape index (κ3) is 3.02. The lowest BCUT2D eigenvalue weighted by Gasteiger charge is -2.28. The van der Waals surface area contributed by atoms with Gasteiger partial charge in [-0.15, -0.1) is 6.58 Å². The average Bonchev–Trinajstić information content (AvgIpc) is 2.96. The summed E-state index contributed by atoms with van der Waals surface area (Å²) in [4.78, 5) is 0. The molecule has 3 saturated heterocycles. The molecule has 0 spiro atoms. The van der Waals surface area contributed by atoms with E-state index < -0.39 is 17.9 Å². The van der Waals surface area contributed by atoms with E-state index in [0.717, 1.165) is 0 Å². The molecule has 120 valence electrons. The SMILES string of the molecule is C=CCO[C@@H]1[C@H]2OC(C)(C)O[C@H]2O[C@@H]1C1COC(C)(C)O1. The van der Waals surface area contributed by atoms with Crippen molar-refractivity contribution in [2.24, 2.45) is 0 Å². The number of ether oxygens (including phenoxy) is 6. The van der Waals surface area contributed by atoms with Crippen LogP contribution in [0.2, 0.25) is 0 Å². The molecule has 3 aliphatic rings. The topological polar surface area (TPSA) is 55.4 Å². The quantitative estimate of drug-likeness (QED) is 0.735. The third-order valence-corrected chi connectivity index (χ3v) is 3.83. The van der Waals surface area contributed by atoms with Gasteiger partial charge in [0, 0.05) is 0 Å². The smallest absolute Gasteiger partial charge is 0.190 e. The van der Waals surface area contributed by atoms with Crippen molar-refractivity contribution in [3.05, 3.63) is 12.7 Å². The number of hydrogen-bond acceptors (Lipinski definition) is 6. The first-order chi connectivity index (χ1) is 9.81. The number of rotatable bonds is 4. The average molecular weight is 300 g/mol. The van der Waals surface area contributed by atoms with Crippen LogP contribution in [0.5, 0.6) is 0 Å². The molecule has 0 aromatic carbocycles. The van der Waals surface area contributed by atoms with Crippen molar-refractivity contribution in [3.63, 3.8) is 0 Å². The zero-order valence-electron chi connectivity index (χ0n) is 13.0. The predicted octanol–water partition coefficient (Wildman–Crippen LogP) is 1.59. The van der Waals surface area contributed by atoms with Gasteiger partial charge in [-0.25, -0.2) is 0 Å². The largest absolute Gasteiger partial charge is 0.368 e. The molecule has 0 saturated carbocycles. The molecule has 3 heterocycles. The second-order valence-electron chi connectivity index (χ2n) is 6.52. The van der Waals surface area contributed by atoms with Crippen LogP contribution >= 0.6 is 0 Å². The Morgan fingerprint density at radius 1 is 1.10 bits per heavy atom. The molecule has 0 bridgehead atoms. The van der Waals surface area contributed by atoms with Crippen molar-refractivity contribution in [3.8, 4) is 0 Å². The fraction of sp³-hybridized carbons (Fsp3) is 0.867. The maximum absolute atomic E-state index is 6.00. The van der Waals surface area contributed by atoms with Gasteiger partial charge in [0.2, 0.25) is 0 Å². The van der Waals surface area contributed by atoms with Crippen molar-refractivity contribution in [2.45, 2.75) is 70.0 Å². The van der Waals surface area contributed by atoms with Crippen LogP contribution in [-0.4, -0.2) is 55.5 Å². The molecule has 3 fully saturated rings. The van der Waals surface area contributed by atoms with E-state index in [9.17, 15) is 0 Å². The highest BCUT2D eigenvalue weighted by atomic mass is 16.8. The molecule has 6 heteroatoms. The highest BCUT2D eigenvalue weighted by Crippen LogP contribution is 2.41. The molecule has 6 nitrogen and oxygen atoms in total. The van der Waals surface area contributed by atoms with Crippen LogP contribution in [0, 0.1) is 0 Å². The molecule has 0 N–H and O–H groups in total. The maximum atomic E-state index is 6.00. The van der Waals surface area contributed by atoms with Crippen LogP contribution in [0.25, 0.3) is 0 Å². The number of hydrogen-bond donors (Lipinski definition) is 0. The fourth-order valence-corrected chi connectivity index (χ4v) is 3.05. The lowest BCUT2D eigenvalue weighted by molar-refractivity contribution is -0.235. The first-order valence-corrected chi connectivity index (χ1v) is 7.37. The minimum absolute atomic E-state index is 0.198. The van der Waals surface area contributed by atoms with Gasteiger partial charge in [-0.1, -0.05) is 6.08 Å². The molecule has 0 aromatic heterocycles. The number of fused-ring (bicyclic) bond motifs is 1.